The molecule has 0 fully saturated rings. The average Bonchev–Trinajstić information content (AvgIpc) is 2.96. The first-order valence-electron chi connectivity index (χ1n) is 6.38. The summed E-state index contributed by atoms with van der Waals surface area (Å²) in [6.45, 7) is 0.485. The second-order valence-corrected chi connectivity index (χ2v) is 7.77. The molecule has 1 aliphatic rings. The van der Waals surface area contributed by atoms with Crippen LogP contribution < -0.4 is 0 Å². The third-order valence-electron chi connectivity index (χ3n) is 3.50. The molecule has 1 amide bonds. The zero-order chi connectivity index (χ0) is 15.0. The predicted octanol–water partition coefficient (Wildman–Crippen LogP) is 4.36. The van der Waals surface area contributed by atoms with E-state index in [9.17, 15) is 9.59 Å². The molecule has 21 heavy (non-hydrogen) atoms. The lowest BCUT2D eigenvalue weighted by Gasteiger charge is -2.23. The fourth-order valence-electron chi connectivity index (χ4n) is 2.61. The van der Waals surface area contributed by atoms with Crippen molar-refractivity contribution in [1.82, 2.24) is 4.90 Å². The lowest BCUT2D eigenvalue weighted by molar-refractivity contribution is -0.112. The van der Waals surface area contributed by atoms with Crippen molar-refractivity contribution in [3.63, 3.8) is 0 Å². The normalized spacial score (nSPS) is 17.1. The molecule has 3 rings (SSSR count). The Kier molecular flexibility index (Phi) is 4.15. The van der Waals surface area contributed by atoms with Gasteiger partial charge in [-0.3, -0.25) is 9.59 Å². The lowest BCUT2D eigenvalue weighted by Crippen LogP contribution is -2.28. The highest BCUT2D eigenvalue weighted by Gasteiger charge is 2.37. The van der Waals surface area contributed by atoms with Gasteiger partial charge in [0.05, 0.1) is 16.4 Å². The van der Waals surface area contributed by atoms with Crippen molar-refractivity contribution >= 4 is 50.0 Å². The minimum atomic E-state index is -0.429. The first-order valence-corrected chi connectivity index (χ1v) is 8.37. The summed E-state index contributed by atoms with van der Waals surface area (Å²) in [6, 6.07) is 11.1. The molecular formula is C15H11BrClNO2S. The molecular weight excluding hydrogens is 374 g/mol. The van der Waals surface area contributed by atoms with Gasteiger partial charge in [0.15, 0.2) is 0 Å². The summed E-state index contributed by atoms with van der Waals surface area (Å²) >= 11 is 10.6. The van der Waals surface area contributed by atoms with E-state index in [1.807, 2.05) is 30.3 Å². The number of amides is 1. The highest BCUT2D eigenvalue weighted by molar-refractivity contribution is 9.11. The summed E-state index contributed by atoms with van der Waals surface area (Å²) < 4.78 is 1.02. The minimum Gasteiger partial charge on any atom is -0.326 e. The van der Waals surface area contributed by atoms with Crippen LogP contribution in [0.15, 0.2) is 40.2 Å². The van der Waals surface area contributed by atoms with Gasteiger partial charge in [0.1, 0.15) is 0 Å². The average molecular weight is 385 g/mol. The molecule has 1 aromatic heterocycles. The molecule has 2 heterocycles. The second kappa shape index (κ2) is 5.91. The van der Waals surface area contributed by atoms with Gasteiger partial charge in [-0.1, -0.05) is 18.2 Å². The van der Waals surface area contributed by atoms with E-state index in [1.54, 1.807) is 22.3 Å². The van der Waals surface area contributed by atoms with Crippen molar-refractivity contribution in [2.45, 2.75) is 19.0 Å². The molecule has 0 aliphatic carbocycles. The Bertz CT molecular complexity index is 715. The maximum atomic E-state index is 12.6. The minimum absolute atomic E-state index is 0.0435. The van der Waals surface area contributed by atoms with Crippen LogP contribution >= 0.6 is 38.9 Å². The van der Waals surface area contributed by atoms with Crippen molar-refractivity contribution < 1.29 is 9.59 Å². The number of carbonyl (C=O) groups excluding carboxylic acids is 2. The standard InChI is InChI=1S/C15H11BrClNO2S/c16-13-6-5-9(21-13)8-18-12(7-14(17)19)10-3-1-2-4-11(10)15(18)20/h1-6,12H,7-8H2. The van der Waals surface area contributed by atoms with Gasteiger partial charge in [-0.2, -0.15) is 0 Å². The highest BCUT2D eigenvalue weighted by atomic mass is 79.9. The molecule has 3 nitrogen and oxygen atoms in total. The molecule has 1 atom stereocenters. The van der Waals surface area contributed by atoms with Crippen molar-refractivity contribution in [2.75, 3.05) is 0 Å². The first-order chi connectivity index (χ1) is 10.1. The van der Waals surface area contributed by atoms with Gasteiger partial charge >= 0.3 is 0 Å². The molecule has 0 bridgehead atoms. The topological polar surface area (TPSA) is 37.4 Å². The fraction of sp³-hybridized carbons (Fsp3) is 0.200. The fourth-order valence-corrected chi connectivity index (χ4v) is 4.23. The van der Waals surface area contributed by atoms with Crippen molar-refractivity contribution in [3.8, 4) is 0 Å². The Labute approximate surface area is 139 Å². The van der Waals surface area contributed by atoms with E-state index in [2.05, 4.69) is 15.9 Å². The second-order valence-electron chi connectivity index (χ2n) is 4.80. The van der Waals surface area contributed by atoms with E-state index < -0.39 is 5.24 Å². The Morgan fingerprint density at radius 3 is 2.71 bits per heavy atom. The van der Waals surface area contributed by atoms with Crippen LogP contribution in [-0.4, -0.2) is 16.0 Å². The molecule has 6 heteroatoms. The summed E-state index contributed by atoms with van der Waals surface area (Å²) in [4.78, 5) is 26.7. The molecule has 0 saturated heterocycles. The van der Waals surface area contributed by atoms with Gasteiger partial charge in [-0.15, -0.1) is 11.3 Å². The summed E-state index contributed by atoms with van der Waals surface area (Å²) in [6.07, 6.45) is 0.136. The van der Waals surface area contributed by atoms with Crippen LogP contribution in [-0.2, 0) is 11.3 Å². The Balaban J connectivity index is 1.94. The molecule has 1 unspecified atom stereocenters. The Morgan fingerprint density at radius 1 is 1.29 bits per heavy atom. The van der Waals surface area contributed by atoms with Gasteiger partial charge in [0.25, 0.3) is 5.91 Å². The maximum absolute atomic E-state index is 12.6. The third kappa shape index (κ3) is 2.91. The summed E-state index contributed by atoms with van der Waals surface area (Å²) in [5.74, 6) is -0.0435. The number of hydrogen-bond donors (Lipinski definition) is 0. The molecule has 0 radical (unpaired) electrons. The predicted molar refractivity (Wildman–Crippen MR) is 86.6 cm³/mol. The number of benzene rings is 1. The third-order valence-corrected chi connectivity index (χ3v) is 5.26. The molecule has 108 valence electrons. The number of fused-ring (bicyclic) bond motifs is 1. The number of carbonyl (C=O) groups is 2. The van der Waals surface area contributed by atoms with Crippen molar-refractivity contribution in [3.05, 3.63) is 56.2 Å². The first kappa shape index (κ1) is 14.8. The Hall–Kier alpha value is -1.17. The van der Waals surface area contributed by atoms with E-state index in [4.69, 9.17) is 11.6 Å². The van der Waals surface area contributed by atoms with E-state index in [0.717, 1.165) is 14.2 Å². The van der Waals surface area contributed by atoms with Crippen LogP contribution in [0.1, 0.15) is 33.3 Å². The van der Waals surface area contributed by atoms with E-state index in [1.165, 1.54) is 0 Å². The van der Waals surface area contributed by atoms with Gasteiger partial charge < -0.3 is 4.90 Å². The van der Waals surface area contributed by atoms with Gasteiger partial charge in [-0.05, 0) is 51.3 Å². The van der Waals surface area contributed by atoms with Crippen LogP contribution in [0.4, 0.5) is 0 Å². The molecule has 1 aliphatic heterocycles. The number of hydrogen-bond acceptors (Lipinski definition) is 3. The summed E-state index contributed by atoms with van der Waals surface area (Å²) in [7, 11) is 0. The monoisotopic (exact) mass is 383 g/mol. The van der Waals surface area contributed by atoms with Crippen LogP contribution in [0.5, 0.6) is 0 Å². The molecule has 0 spiro atoms. The molecule has 0 N–H and O–H groups in total. The summed E-state index contributed by atoms with van der Waals surface area (Å²) in [5.41, 5.74) is 1.54. The zero-order valence-electron chi connectivity index (χ0n) is 10.9. The summed E-state index contributed by atoms with van der Waals surface area (Å²) in [5, 5.41) is -0.429. The van der Waals surface area contributed by atoms with Gasteiger partial charge in [-0.25, -0.2) is 0 Å². The Morgan fingerprint density at radius 2 is 2.05 bits per heavy atom. The van der Waals surface area contributed by atoms with Crippen molar-refractivity contribution in [2.24, 2.45) is 0 Å². The maximum Gasteiger partial charge on any atom is 0.255 e. The van der Waals surface area contributed by atoms with E-state index >= 15 is 0 Å². The number of thiophene rings is 1. The smallest absolute Gasteiger partial charge is 0.255 e. The van der Waals surface area contributed by atoms with Crippen LogP contribution in [0.25, 0.3) is 0 Å². The SMILES string of the molecule is O=C(Cl)CC1c2ccccc2C(=O)N1Cc1ccc(Br)s1. The van der Waals surface area contributed by atoms with E-state index in [0.29, 0.717) is 12.1 Å². The largest absolute Gasteiger partial charge is 0.326 e. The highest BCUT2D eigenvalue weighted by Crippen LogP contribution is 2.38. The molecule has 0 saturated carbocycles. The number of halogens is 2. The van der Waals surface area contributed by atoms with Crippen LogP contribution in [0, 0.1) is 0 Å². The van der Waals surface area contributed by atoms with E-state index in [-0.39, 0.29) is 18.4 Å². The molecule has 1 aromatic carbocycles. The number of nitrogens with zero attached hydrogens (tertiary/aromatic N) is 1. The quantitative estimate of drug-likeness (QED) is 0.734. The van der Waals surface area contributed by atoms with Gasteiger partial charge in [0, 0.05) is 16.9 Å². The zero-order valence-corrected chi connectivity index (χ0v) is 14.0. The van der Waals surface area contributed by atoms with Crippen LogP contribution in [0.3, 0.4) is 0 Å². The number of rotatable bonds is 4. The van der Waals surface area contributed by atoms with Crippen LogP contribution in [0.2, 0.25) is 0 Å². The van der Waals surface area contributed by atoms with Gasteiger partial charge in [0.2, 0.25) is 5.24 Å². The molecule has 2 aromatic rings. The van der Waals surface area contributed by atoms with Crippen molar-refractivity contribution in [1.29, 1.82) is 0 Å². The lowest BCUT2D eigenvalue weighted by atomic mass is 10.0.